The second-order valence-electron chi connectivity index (χ2n) is 4.92. The van der Waals surface area contributed by atoms with E-state index in [4.69, 9.17) is 23.2 Å². The van der Waals surface area contributed by atoms with E-state index in [0.29, 0.717) is 24.5 Å². The van der Waals surface area contributed by atoms with Gasteiger partial charge in [-0.3, -0.25) is 4.79 Å². The summed E-state index contributed by atoms with van der Waals surface area (Å²) in [6.07, 6.45) is 1.19. The molecule has 0 unspecified atom stereocenters. The van der Waals surface area contributed by atoms with Crippen molar-refractivity contribution in [2.24, 2.45) is 0 Å². The average molecular weight is 337 g/mol. The van der Waals surface area contributed by atoms with Crippen LogP contribution in [0, 0.1) is 0 Å². The van der Waals surface area contributed by atoms with Gasteiger partial charge in [0.2, 0.25) is 5.91 Å². The first-order valence-electron chi connectivity index (χ1n) is 7.14. The summed E-state index contributed by atoms with van der Waals surface area (Å²) in [7, 11) is 0. The first kappa shape index (κ1) is 16.7. The number of halogens is 2. The highest BCUT2D eigenvalue weighted by atomic mass is 35.5. The number of carbonyl (C=O) groups excluding carboxylic acids is 1. The number of amides is 1. The highest BCUT2D eigenvalue weighted by Crippen LogP contribution is 2.14. The molecule has 0 aromatic heterocycles. The molecule has 2 aromatic carbocycles. The van der Waals surface area contributed by atoms with Crippen molar-refractivity contribution in [2.45, 2.75) is 12.8 Å². The van der Waals surface area contributed by atoms with E-state index in [1.807, 2.05) is 48.5 Å². The molecule has 22 heavy (non-hydrogen) atoms. The predicted molar refractivity (Wildman–Crippen MR) is 92.7 cm³/mol. The molecule has 0 saturated heterocycles. The Hall–Kier alpha value is -1.71. The molecule has 2 aromatic rings. The number of nitrogens with one attached hydrogen (secondary N) is 2. The maximum Gasteiger partial charge on any atom is 0.221 e. The molecule has 3 nitrogen and oxygen atoms in total. The van der Waals surface area contributed by atoms with Crippen molar-refractivity contribution in [3.05, 3.63) is 64.1 Å². The predicted octanol–water partition coefficient (Wildman–Crippen LogP) is 4.15. The summed E-state index contributed by atoms with van der Waals surface area (Å²) in [5.74, 6) is 0.0246. The summed E-state index contributed by atoms with van der Waals surface area (Å²) in [5, 5.41) is 7.46. The van der Waals surface area contributed by atoms with Crippen molar-refractivity contribution >= 4 is 34.8 Å². The van der Waals surface area contributed by atoms with Crippen LogP contribution in [0.5, 0.6) is 0 Å². The molecule has 116 valence electrons. The van der Waals surface area contributed by atoms with E-state index >= 15 is 0 Å². The quantitative estimate of drug-likeness (QED) is 0.797. The Morgan fingerprint density at radius 1 is 0.955 bits per heavy atom. The van der Waals surface area contributed by atoms with E-state index in [1.54, 1.807) is 0 Å². The van der Waals surface area contributed by atoms with Crippen LogP contribution in [0.2, 0.25) is 10.0 Å². The molecular weight excluding hydrogens is 319 g/mol. The third-order valence-electron chi connectivity index (χ3n) is 3.13. The summed E-state index contributed by atoms with van der Waals surface area (Å²) in [6, 6.07) is 15.1. The Kier molecular flexibility index (Phi) is 6.56. The molecule has 0 aliphatic carbocycles. The van der Waals surface area contributed by atoms with Crippen molar-refractivity contribution < 1.29 is 4.79 Å². The van der Waals surface area contributed by atoms with Gasteiger partial charge in [0.25, 0.3) is 0 Å². The molecule has 5 heteroatoms. The minimum absolute atomic E-state index is 0.0246. The van der Waals surface area contributed by atoms with E-state index < -0.39 is 0 Å². The van der Waals surface area contributed by atoms with E-state index in [0.717, 1.165) is 22.7 Å². The number of anilines is 1. The van der Waals surface area contributed by atoms with Gasteiger partial charge in [-0.1, -0.05) is 41.4 Å². The summed E-state index contributed by atoms with van der Waals surface area (Å²) in [6.45, 7) is 1.18. The van der Waals surface area contributed by atoms with Gasteiger partial charge >= 0.3 is 0 Å². The van der Waals surface area contributed by atoms with Gasteiger partial charge in [-0.25, -0.2) is 0 Å². The lowest BCUT2D eigenvalue weighted by molar-refractivity contribution is -0.120. The number of carbonyl (C=O) groups is 1. The first-order valence-corrected chi connectivity index (χ1v) is 7.89. The van der Waals surface area contributed by atoms with Gasteiger partial charge in [0, 0.05) is 35.2 Å². The molecule has 0 aliphatic heterocycles. The fourth-order valence-electron chi connectivity index (χ4n) is 2.05. The van der Waals surface area contributed by atoms with Gasteiger partial charge in [-0.05, 0) is 42.3 Å². The zero-order valence-corrected chi connectivity index (χ0v) is 13.6. The lowest BCUT2D eigenvalue weighted by Crippen LogP contribution is -2.27. The molecule has 0 spiro atoms. The van der Waals surface area contributed by atoms with Crippen LogP contribution in [-0.4, -0.2) is 19.0 Å². The van der Waals surface area contributed by atoms with Crippen molar-refractivity contribution in [3.63, 3.8) is 0 Å². The van der Waals surface area contributed by atoms with Gasteiger partial charge in [0.15, 0.2) is 0 Å². The van der Waals surface area contributed by atoms with Crippen LogP contribution in [0.3, 0.4) is 0 Å². The largest absolute Gasteiger partial charge is 0.384 e. The maximum absolute atomic E-state index is 11.8. The Balaban J connectivity index is 1.64. The molecular formula is C17H18Cl2N2O. The van der Waals surface area contributed by atoms with Crippen molar-refractivity contribution in [3.8, 4) is 0 Å². The first-order chi connectivity index (χ1) is 10.6. The highest BCUT2D eigenvalue weighted by Gasteiger charge is 2.01. The molecule has 0 bridgehead atoms. The topological polar surface area (TPSA) is 41.1 Å². The van der Waals surface area contributed by atoms with Crippen molar-refractivity contribution in [1.82, 2.24) is 5.32 Å². The van der Waals surface area contributed by atoms with E-state index in [9.17, 15) is 4.79 Å². The molecule has 0 saturated carbocycles. The number of benzene rings is 2. The van der Waals surface area contributed by atoms with Crippen molar-refractivity contribution in [2.75, 3.05) is 18.4 Å². The van der Waals surface area contributed by atoms with Crippen LogP contribution in [0.15, 0.2) is 48.5 Å². The summed E-state index contributed by atoms with van der Waals surface area (Å²) in [4.78, 5) is 11.8. The average Bonchev–Trinajstić information content (AvgIpc) is 2.47. The minimum Gasteiger partial charge on any atom is -0.384 e. The van der Waals surface area contributed by atoms with Crippen LogP contribution in [0.4, 0.5) is 5.69 Å². The van der Waals surface area contributed by atoms with Gasteiger partial charge in [-0.2, -0.15) is 0 Å². The molecule has 0 fully saturated rings. The van der Waals surface area contributed by atoms with Crippen LogP contribution in [0.1, 0.15) is 12.0 Å². The third kappa shape index (κ3) is 5.96. The Morgan fingerprint density at radius 3 is 2.41 bits per heavy atom. The lowest BCUT2D eigenvalue weighted by Gasteiger charge is -2.08. The third-order valence-corrected chi connectivity index (χ3v) is 3.60. The maximum atomic E-state index is 11.8. The fourth-order valence-corrected chi connectivity index (χ4v) is 2.45. The van der Waals surface area contributed by atoms with Gasteiger partial charge in [-0.15, -0.1) is 0 Å². The number of hydrogen-bond acceptors (Lipinski definition) is 2. The highest BCUT2D eigenvalue weighted by molar-refractivity contribution is 6.31. The van der Waals surface area contributed by atoms with E-state index in [2.05, 4.69) is 10.6 Å². The van der Waals surface area contributed by atoms with Crippen LogP contribution in [0.25, 0.3) is 0 Å². The normalized spacial score (nSPS) is 10.3. The summed E-state index contributed by atoms with van der Waals surface area (Å²) >= 11 is 11.8. The zero-order valence-electron chi connectivity index (χ0n) is 12.1. The summed E-state index contributed by atoms with van der Waals surface area (Å²) in [5.41, 5.74) is 2.03. The zero-order chi connectivity index (χ0) is 15.8. The number of hydrogen-bond donors (Lipinski definition) is 2. The molecule has 0 radical (unpaired) electrons. The molecule has 2 N–H and O–H groups in total. The SMILES string of the molecule is O=C(CCNc1cccc(Cl)c1)NCCc1cccc(Cl)c1. The smallest absolute Gasteiger partial charge is 0.221 e. The minimum atomic E-state index is 0.0246. The van der Waals surface area contributed by atoms with E-state index in [-0.39, 0.29) is 5.91 Å². The van der Waals surface area contributed by atoms with E-state index in [1.165, 1.54) is 0 Å². The Morgan fingerprint density at radius 2 is 1.68 bits per heavy atom. The molecule has 1 amide bonds. The van der Waals surface area contributed by atoms with Gasteiger partial charge in [0.05, 0.1) is 0 Å². The van der Waals surface area contributed by atoms with Crippen LogP contribution < -0.4 is 10.6 Å². The Labute approximate surface area is 140 Å². The van der Waals surface area contributed by atoms with Gasteiger partial charge in [0.1, 0.15) is 0 Å². The van der Waals surface area contributed by atoms with Gasteiger partial charge < -0.3 is 10.6 Å². The fraction of sp³-hybridized carbons (Fsp3) is 0.235. The molecule has 2 rings (SSSR count). The second kappa shape index (κ2) is 8.66. The molecule has 0 heterocycles. The summed E-state index contributed by atoms with van der Waals surface area (Å²) < 4.78 is 0. The lowest BCUT2D eigenvalue weighted by atomic mass is 10.1. The second-order valence-corrected chi connectivity index (χ2v) is 5.79. The monoisotopic (exact) mass is 336 g/mol. The molecule has 0 atom stereocenters. The van der Waals surface area contributed by atoms with Crippen LogP contribution >= 0.6 is 23.2 Å². The molecule has 0 aliphatic rings. The van der Waals surface area contributed by atoms with Crippen LogP contribution in [-0.2, 0) is 11.2 Å². The Bertz CT molecular complexity index is 578. The standard InChI is InChI=1S/C17H18Cl2N2O/c18-14-4-1-3-13(11-14)7-9-21-17(22)8-10-20-16-6-2-5-15(19)12-16/h1-6,11-12,20H,7-10H2,(H,21,22). The number of rotatable bonds is 7. The van der Waals surface area contributed by atoms with Crippen molar-refractivity contribution in [1.29, 1.82) is 0 Å².